The van der Waals surface area contributed by atoms with Crippen LogP contribution in [0.3, 0.4) is 0 Å². The molecular formula is C37H50F4. The average Bonchev–Trinajstić information content (AvgIpc) is 3.35. The summed E-state index contributed by atoms with van der Waals surface area (Å²) in [6.45, 7) is 4.47. The first-order valence-electron chi connectivity index (χ1n) is 16.9. The van der Waals surface area contributed by atoms with Crippen molar-refractivity contribution in [1.29, 1.82) is 0 Å². The van der Waals surface area contributed by atoms with Gasteiger partial charge in [0.1, 0.15) is 0 Å². The average molecular weight is 571 g/mol. The van der Waals surface area contributed by atoms with Crippen molar-refractivity contribution in [2.45, 2.75) is 136 Å². The standard InChI is InChI=1S/C37H50F4/c1-3-5-6-8-25-11-15-27(16-12-25)18-20-29-22-31-23-30-21-28(19-17-26-13-9-24(7-4-2)10-14-26)34(38)36(40)32(30)33(31)37(41)35(29)39/h21-22,24-27H,3-20,23H2,1-2H3. The Kier molecular flexibility index (Phi) is 10.5. The zero-order valence-corrected chi connectivity index (χ0v) is 25.4. The Morgan fingerprint density at radius 2 is 0.927 bits per heavy atom. The van der Waals surface area contributed by atoms with Crippen LogP contribution in [0, 0.1) is 46.9 Å². The monoisotopic (exact) mass is 570 g/mol. The van der Waals surface area contributed by atoms with Crippen LogP contribution in [-0.4, -0.2) is 0 Å². The molecule has 0 radical (unpaired) electrons. The number of fused-ring (bicyclic) bond motifs is 3. The normalized spacial score (nSPS) is 24.0. The third-order valence-corrected chi connectivity index (χ3v) is 10.8. The summed E-state index contributed by atoms with van der Waals surface area (Å²) in [6, 6.07) is 3.46. The number of rotatable bonds is 12. The molecule has 0 aromatic heterocycles. The van der Waals surface area contributed by atoms with E-state index in [1.807, 2.05) is 0 Å². The SMILES string of the molecule is CCCCCC1CCC(CCc2cc3c(c(F)c2F)-c2c(cc(CCC4CCC(CCC)CC4)c(F)c2F)C3)CC1. The Labute approximate surface area is 245 Å². The fourth-order valence-corrected chi connectivity index (χ4v) is 8.29. The van der Waals surface area contributed by atoms with Gasteiger partial charge in [0.05, 0.1) is 0 Å². The van der Waals surface area contributed by atoms with Crippen molar-refractivity contribution in [3.63, 3.8) is 0 Å². The molecule has 4 heteroatoms. The lowest BCUT2D eigenvalue weighted by molar-refractivity contribution is 0.248. The molecule has 0 atom stereocenters. The number of unbranched alkanes of at least 4 members (excludes halogenated alkanes) is 2. The quantitative estimate of drug-likeness (QED) is 0.150. The molecule has 0 unspecified atom stereocenters. The van der Waals surface area contributed by atoms with Crippen molar-refractivity contribution in [1.82, 2.24) is 0 Å². The third-order valence-electron chi connectivity index (χ3n) is 10.8. The zero-order valence-electron chi connectivity index (χ0n) is 25.4. The fraction of sp³-hybridized carbons (Fsp3) is 0.676. The van der Waals surface area contributed by atoms with Gasteiger partial charge >= 0.3 is 0 Å². The molecule has 3 aliphatic carbocycles. The van der Waals surface area contributed by atoms with Crippen molar-refractivity contribution >= 4 is 0 Å². The van der Waals surface area contributed by atoms with Gasteiger partial charge in [0.2, 0.25) is 0 Å². The second-order valence-electron chi connectivity index (χ2n) is 13.7. The molecule has 0 spiro atoms. The lowest BCUT2D eigenvalue weighted by Crippen LogP contribution is -2.15. The molecule has 0 bridgehead atoms. The smallest absolute Gasteiger partial charge is 0.167 e. The van der Waals surface area contributed by atoms with Gasteiger partial charge in [0.15, 0.2) is 23.3 Å². The minimum absolute atomic E-state index is 0.0639. The largest absolute Gasteiger partial charge is 0.203 e. The maximum atomic E-state index is 15.4. The summed E-state index contributed by atoms with van der Waals surface area (Å²) in [5.74, 6) is -1.03. The van der Waals surface area contributed by atoms with E-state index in [1.54, 1.807) is 12.1 Å². The minimum Gasteiger partial charge on any atom is -0.203 e. The number of halogens is 4. The first kappa shape index (κ1) is 30.6. The van der Waals surface area contributed by atoms with E-state index in [2.05, 4.69) is 13.8 Å². The lowest BCUT2D eigenvalue weighted by atomic mass is 9.77. The number of hydrogen-bond acceptors (Lipinski definition) is 0. The second-order valence-corrected chi connectivity index (χ2v) is 13.7. The van der Waals surface area contributed by atoms with Gasteiger partial charge in [-0.3, -0.25) is 0 Å². The Balaban J connectivity index is 1.22. The first-order chi connectivity index (χ1) is 19.9. The van der Waals surface area contributed by atoms with Gasteiger partial charge in [-0.2, -0.15) is 0 Å². The van der Waals surface area contributed by atoms with E-state index in [1.165, 1.54) is 89.9 Å². The summed E-state index contributed by atoms with van der Waals surface area (Å²) in [4.78, 5) is 0. The first-order valence-corrected chi connectivity index (χ1v) is 16.9. The van der Waals surface area contributed by atoms with Crippen LogP contribution >= 0.6 is 0 Å². The van der Waals surface area contributed by atoms with E-state index < -0.39 is 23.3 Å². The number of aryl methyl sites for hydroxylation is 2. The predicted molar refractivity (Wildman–Crippen MR) is 161 cm³/mol. The van der Waals surface area contributed by atoms with E-state index >= 15 is 17.6 Å². The van der Waals surface area contributed by atoms with Crippen LogP contribution < -0.4 is 0 Å². The predicted octanol–water partition coefficient (Wildman–Crippen LogP) is 11.7. The van der Waals surface area contributed by atoms with Crippen molar-refractivity contribution in [2.24, 2.45) is 23.7 Å². The van der Waals surface area contributed by atoms with Crippen LogP contribution in [0.25, 0.3) is 11.1 Å². The van der Waals surface area contributed by atoms with Gasteiger partial charge in [0.25, 0.3) is 0 Å². The number of hydrogen-bond donors (Lipinski definition) is 0. The van der Waals surface area contributed by atoms with Crippen LogP contribution in [0.4, 0.5) is 17.6 Å². The van der Waals surface area contributed by atoms with E-state index in [0.29, 0.717) is 53.4 Å². The zero-order chi connectivity index (χ0) is 28.9. The van der Waals surface area contributed by atoms with Gasteiger partial charge < -0.3 is 0 Å². The molecule has 41 heavy (non-hydrogen) atoms. The highest BCUT2D eigenvalue weighted by molar-refractivity contribution is 5.79. The minimum atomic E-state index is -1.01. The Hall–Kier alpha value is -1.84. The van der Waals surface area contributed by atoms with Crippen molar-refractivity contribution in [2.75, 3.05) is 0 Å². The Bertz CT molecular complexity index is 1170. The van der Waals surface area contributed by atoms with Gasteiger partial charge in [-0.1, -0.05) is 116 Å². The van der Waals surface area contributed by atoms with Crippen LogP contribution in [0.1, 0.15) is 139 Å². The second kappa shape index (κ2) is 14.1. The van der Waals surface area contributed by atoms with Gasteiger partial charge in [-0.15, -0.1) is 0 Å². The molecular weight excluding hydrogens is 520 g/mol. The maximum absolute atomic E-state index is 15.4. The van der Waals surface area contributed by atoms with Crippen LogP contribution in [-0.2, 0) is 19.3 Å². The van der Waals surface area contributed by atoms with Crippen molar-refractivity contribution in [3.8, 4) is 11.1 Å². The van der Waals surface area contributed by atoms with Gasteiger partial charge in [0, 0.05) is 11.1 Å². The molecule has 2 saturated carbocycles. The molecule has 0 N–H and O–H groups in total. The van der Waals surface area contributed by atoms with E-state index in [9.17, 15) is 0 Å². The lowest BCUT2D eigenvalue weighted by Gasteiger charge is -2.28. The van der Waals surface area contributed by atoms with Crippen LogP contribution in [0.2, 0.25) is 0 Å². The molecule has 0 amide bonds. The number of benzene rings is 2. The molecule has 2 aromatic carbocycles. The maximum Gasteiger partial charge on any atom is 0.167 e. The van der Waals surface area contributed by atoms with Gasteiger partial charge in [-0.25, -0.2) is 17.6 Å². The Morgan fingerprint density at radius 3 is 1.34 bits per heavy atom. The van der Waals surface area contributed by atoms with Crippen LogP contribution in [0.15, 0.2) is 12.1 Å². The molecule has 0 heterocycles. The highest BCUT2D eigenvalue weighted by Crippen LogP contribution is 2.44. The molecule has 226 valence electrons. The van der Waals surface area contributed by atoms with Gasteiger partial charge in [-0.05, 0) is 78.0 Å². The fourth-order valence-electron chi connectivity index (χ4n) is 8.29. The van der Waals surface area contributed by atoms with Crippen LogP contribution in [0.5, 0.6) is 0 Å². The molecule has 5 rings (SSSR count). The summed E-state index contributed by atoms with van der Waals surface area (Å²) < 4.78 is 61.3. The van der Waals surface area contributed by atoms with Crippen molar-refractivity contribution in [3.05, 3.63) is 57.7 Å². The summed E-state index contributed by atoms with van der Waals surface area (Å²) in [6.07, 6.45) is 20.4. The van der Waals surface area contributed by atoms with E-state index in [4.69, 9.17) is 0 Å². The summed E-state index contributed by atoms with van der Waals surface area (Å²) in [5.41, 5.74) is 1.84. The Morgan fingerprint density at radius 1 is 0.512 bits per heavy atom. The third kappa shape index (κ3) is 7.04. The molecule has 0 nitrogen and oxygen atoms in total. The highest BCUT2D eigenvalue weighted by atomic mass is 19.2. The summed E-state index contributed by atoms with van der Waals surface area (Å²) in [7, 11) is 0. The van der Waals surface area contributed by atoms with E-state index in [0.717, 1.165) is 24.7 Å². The molecule has 2 aromatic rings. The summed E-state index contributed by atoms with van der Waals surface area (Å²) >= 11 is 0. The van der Waals surface area contributed by atoms with E-state index in [-0.39, 0.29) is 11.1 Å². The molecule has 3 aliphatic rings. The topological polar surface area (TPSA) is 0 Å². The molecule has 0 aliphatic heterocycles. The highest BCUT2D eigenvalue weighted by Gasteiger charge is 2.32. The van der Waals surface area contributed by atoms with Crippen molar-refractivity contribution < 1.29 is 17.6 Å². The molecule has 0 saturated heterocycles. The summed E-state index contributed by atoms with van der Waals surface area (Å²) in [5, 5.41) is 0. The molecule has 2 fully saturated rings.